The van der Waals surface area contributed by atoms with Gasteiger partial charge >= 0.3 is 0 Å². The Balaban J connectivity index is 3.03. The maximum Gasteiger partial charge on any atom is 0.217 e. The summed E-state index contributed by atoms with van der Waals surface area (Å²) in [6, 6.07) is -0.0659. The Bertz CT molecular complexity index is 230. The molecule has 1 atom stereocenters. The third-order valence-electron chi connectivity index (χ3n) is 1.18. The summed E-state index contributed by atoms with van der Waals surface area (Å²) in [5.41, 5.74) is 5.58. The van der Waals surface area contributed by atoms with E-state index in [1.807, 2.05) is 14.0 Å². The molecule has 0 radical (unpaired) electrons. The summed E-state index contributed by atoms with van der Waals surface area (Å²) in [4.78, 5) is 4.05. The summed E-state index contributed by atoms with van der Waals surface area (Å²) in [6.45, 7) is 1.87. The van der Waals surface area contributed by atoms with Gasteiger partial charge in [0.05, 0.1) is 6.04 Å². The molecule has 10 heavy (non-hydrogen) atoms. The standard InChI is InChI=1S/C5H9BrN4/c1-3(7)4-8-5(6)9-10(4)2/h3H,7H2,1-2H3/t3-/m0/s1. The Kier molecular flexibility index (Phi) is 2.05. The number of rotatable bonds is 1. The van der Waals surface area contributed by atoms with E-state index < -0.39 is 0 Å². The molecule has 0 unspecified atom stereocenters. The molecule has 5 heteroatoms. The van der Waals surface area contributed by atoms with Gasteiger partial charge in [0, 0.05) is 7.05 Å². The van der Waals surface area contributed by atoms with E-state index >= 15 is 0 Å². The number of hydrogen-bond donors (Lipinski definition) is 1. The van der Waals surface area contributed by atoms with Crippen molar-refractivity contribution < 1.29 is 0 Å². The number of nitrogens with zero attached hydrogens (tertiary/aromatic N) is 3. The average Bonchev–Trinajstić information content (AvgIpc) is 2.10. The Hall–Kier alpha value is -0.420. The molecular weight excluding hydrogens is 196 g/mol. The largest absolute Gasteiger partial charge is 0.322 e. The van der Waals surface area contributed by atoms with Crippen LogP contribution in [0.15, 0.2) is 4.73 Å². The van der Waals surface area contributed by atoms with Crippen LogP contribution in [0.2, 0.25) is 0 Å². The minimum absolute atomic E-state index is 0.0659. The van der Waals surface area contributed by atoms with Gasteiger partial charge < -0.3 is 5.73 Å². The molecule has 0 aliphatic rings. The average molecular weight is 205 g/mol. The van der Waals surface area contributed by atoms with Crippen LogP contribution < -0.4 is 5.73 Å². The highest BCUT2D eigenvalue weighted by atomic mass is 79.9. The number of aromatic nitrogens is 3. The van der Waals surface area contributed by atoms with Crippen LogP contribution in [-0.4, -0.2) is 14.8 Å². The summed E-state index contributed by atoms with van der Waals surface area (Å²) >= 11 is 3.15. The van der Waals surface area contributed by atoms with Crippen molar-refractivity contribution in [1.29, 1.82) is 0 Å². The van der Waals surface area contributed by atoms with Gasteiger partial charge in [0.15, 0.2) is 0 Å². The molecule has 0 spiro atoms. The maximum absolute atomic E-state index is 5.58. The van der Waals surface area contributed by atoms with Crippen molar-refractivity contribution in [3.63, 3.8) is 0 Å². The summed E-state index contributed by atoms with van der Waals surface area (Å²) in [6.07, 6.45) is 0. The predicted octanol–water partition coefficient (Wildman–Crippen LogP) is 0.597. The molecule has 0 bridgehead atoms. The molecule has 4 nitrogen and oxygen atoms in total. The lowest BCUT2D eigenvalue weighted by Gasteiger charge is -2.00. The van der Waals surface area contributed by atoms with Gasteiger partial charge in [-0.05, 0) is 22.9 Å². The fourth-order valence-electron chi connectivity index (χ4n) is 0.761. The van der Waals surface area contributed by atoms with E-state index in [0.29, 0.717) is 4.73 Å². The molecule has 1 aromatic rings. The van der Waals surface area contributed by atoms with Crippen molar-refractivity contribution in [3.8, 4) is 0 Å². The number of nitrogens with two attached hydrogens (primary N) is 1. The van der Waals surface area contributed by atoms with Crippen molar-refractivity contribution in [2.45, 2.75) is 13.0 Å². The second-order valence-corrected chi connectivity index (χ2v) is 2.86. The quantitative estimate of drug-likeness (QED) is 0.730. The lowest BCUT2D eigenvalue weighted by molar-refractivity contribution is 0.638. The molecule has 0 aliphatic carbocycles. The number of aryl methyl sites for hydroxylation is 1. The summed E-state index contributed by atoms with van der Waals surface area (Å²) in [7, 11) is 1.82. The van der Waals surface area contributed by atoms with Gasteiger partial charge in [-0.3, -0.25) is 4.68 Å². The van der Waals surface area contributed by atoms with Crippen LogP contribution in [0, 0.1) is 0 Å². The lowest BCUT2D eigenvalue weighted by atomic mass is 10.3. The predicted molar refractivity (Wildman–Crippen MR) is 41.3 cm³/mol. The van der Waals surface area contributed by atoms with Crippen molar-refractivity contribution >= 4 is 15.9 Å². The molecule has 0 fully saturated rings. The van der Waals surface area contributed by atoms with E-state index in [2.05, 4.69) is 26.0 Å². The van der Waals surface area contributed by atoms with Gasteiger partial charge in [-0.1, -0.05) is 0 Å². The maximum atomic E-state index is 5.58. The van der Waals surface area contributed by atoms with Gasteiger partial charge in [-0.15, -0.1) is 5.10 Å². The van der Waals surface area contributed by atoms with Crippen molar-refractivity contribution in [2.24, 2.45) is 12.8 Å². The molecule has 2 N–H and O–H groups in total. The minimum atomic E-state index is -0.0659. The van der Waals surface area contributed by atoms with Crippen LogP contribution in [0.25, 0.3) is 0 Å². The van der Waals surface area contributed by atoms with Gasteiger partial charge in [0.2, 0.25) is 4.73 Å². The molecule has 1 heterocycles. The highest BCUT2D eigenvalue weighted by Crippen LogP contribution is 2.08. The number of halogens is 1. The zero-order chi connectivity index (χ0) is 7.72. The van der Waals surface area contributed by atoms with E-state index in [1.165, 1.54) is 0 Å². The molecule has 56 valence electrons. The SMILES string of the molecule is C[C@H](N)c1nc(Br)nn1C. The van der Waals surface area contributed by atoms with Crippen LogP contribution in [0.1, 0.15) is 18.8 Å². The van der Waals surface area contributed by atoms with Crippen LogP contribution in [0.3, 0.4) is 0 Å². The first-order valence-corrected chi connectivity index (χ1v) is 3.72. The number of hydrogen-bond acceptors (Lipinski definition) is 3. The molecule has 0 saturated carbocycles. The molecule has 0 amide bonds. The normalized spacial score (nSPS) is 13.6. The summed E-state index contributed by atoms with van der Waals surface area (Å²) < 4.78 is 2.25. The zero-order valence-corrected chi connectivity index (χ0v) is 7.46. The highest BCUT2D eigenvalue weighted by Gasteiger charge is 2.07. The first-order valence-electron chi connectivity index (χ1n) is 2.93. The first kappa shape index (κ1) is 7.68. The van der Waals surface area contributed by atoms with Gasteiger partial charge in [-0.25, -0.2) is 4.98 Å². The second-order valence-electron chi connectivity index (χ2n) is 2.15. The smallest absolute Gasteiger partial charge is 0.217 e. The topological polar surface area (TPSA) is 56.7 Å². The van der Waals surface area contributed by atoms with E-state index in [-0.39, 0.29) is 6.04 Å². The van der Waals surface area contributed by atoms with Crippen molar-refractivity contribution in [2.75, 3.05) is 0 Å². The van der Waals surface area contributed by atoms with Crippen molar-refractivity contribution in [3.05, 3.63) is 10.6 Å². The molecule has 0 aliphatic heterocycles. The van der Waals surface area contributed by atoms with Crippen molar-refractivity contribution in [1.82, 2.24) is 14.8 Å². The fourth-order valence-corrected chi connectivity index (χ4v) is 1.18. The third kappa shape index (κ3) is 1.35. The fraction of sp³-hybridized carbons (Fsp3) is 0.600. The summed E-state index contributed by atoms with van der Waals surface area (Å²) in [5, 5.41) is 3.97. The van der Waals surface area contributed by atoms with E-state index in [0.717, 1.165) is 5.82 Å². The van der Waals surface area contributed by atoms with Crippen LogP contribution in [0.5, 0.6) is 0 Å². The van der Waals surface area contributed by atoms with Gasteiger partial charge in [0.1, 0.15) is 5.82 Å². The Morgan fingerprint density at radius 3 is 2.50 bits per heavy atom. The van der Waals surface area contributed by atoms with Gasteiger partial charge in [-0.2, -0.15) is 0 Å². The Morgan fingerprint density at radius 2 is 2.30 bits per heavy atom. The highest BCUT2D eigenvalue weighted by molar-refractivity contribution is 9.10. The summed E-state index contributed by atoms with van der Waals surface area (Å²) in [5.74, 6) is 0.784. The monoisotopic (exact) mass is 204 g/mol. The zero-order valence-electron chi connectivity index (χ0n) is 5.87. The van der Waals surface area contributed by atoms with Crippen LogP contribution in [-0.2, 0) is 7.05 Å². The molecule has 0 saturated heterocycles. The van der Waals surface area contributed by atoms with E-state index in [4.69, 9.17) is 5.73 Å². The third-order valence-corrected chi connectivity index (χ3v) is 1.51. The van der Waals surface area contributed by atoms with Crippen LogP contribution >= 0.6 is 15.9 Å². The van der Waals surface area contributed by atoms with E-state index in [1.54, 1.807) is 4.68 Å². The second kappa shape index (κ2) is 2.67. The van der Waals surface area contributed by atoms with Gasteiger partial charge in [0.25, 0.3) is 0 Å². The van der Waals surface area contributed by atoms with E-state index in [9.17, 15) is 0 Å². The molecule has 1 rings (SSSR count). The first-order chi connectivity index (χ1) is 4.61. The molecular formula is C5H9BrN4. The lowest BCUT2D eigenvalue weighted by Crippen LogP contribution is -2.11. The van der Waals surface area contributed by atoms with Crippen LogP contribution in [0.4, 0.5) is 0 Å². The molecule has 1 aromatic heterocycles. The minimum Gasteiger partial charge on any atom is -0.322 e. The Labute approximate surface area is 67.6 Å². The Morgan fingerprint density at radius 1 is 1.70 bits per heavy atom. The molecule has 0 aromatic carbocycles.